The Morgan fingerprint density at radius 1 is 1.26 bits per heavy atom. The minimum absolute atomic E-state index is 0.179. The first-order valence-corrected chi connectivity index (χ1v) is 7.31. The van der Waals surface area contributed by atoms with Crippen molar-refractivity contribution in [3.63, 3.8) is 0 Å². The summed E-state index contributed by atoms with van der Waals surface area (Å²) in [4.78, 5) is 13.7. The number of hydrogen-bond donors (Lipinski definition) is 1. The molecule has 6 heteroatoms. The summed E-state index contributed by atoms with van der Waals surface area (Å²) in [7, 11) is 1.73. The van der Waals surface area contributed by atoms with Gasteiger partial charge in [-0.2, -0.15) is 5.10 Å². The van der Waals surface area contributed by atoms with Crippen LogP contribution in [0.25, 0.3) is 0 Å². The fourth-order valence-electron chi connectivity index (χ4n) is 2.20. The average molecular weight is 310 g/mol. The Morgan fingerprint density at radius 3 is 2.74 bits per heavy atom. The molecule has 0 saturated heterocycles. The lowest BCUT2D eigenvalue weighted by atomic mass is 10.2. The molecule has 0 unspecified atom stereocenters. The predicted molar refractivity (Wildman–Crippen MR) is 87.0 cm³/mol. The molecule has 1 N–H and O–H groups in total. The van der Waals surface area contributed by atoms with Crippen molar-refractivity contribution in [1.29, 1.82) is 0 Å². The van der Waals surface area contributed by atoms with Crippen LogP contribution in [-0.4, -0.2) is 27.8 Å². The number of carbonyl (C=O) groups excluding carboxylic acids is 1. The van der Waals surface area contributed by atoms with Gasteiger partial charge >= 0.3 is 6.03 Å². The Balaban J connectivity index is 1.56. The van der Waals surface area contributed by atoms with Gasteiger partial charge in [0.15, 0.2) is 0 Å². The molecule has 0 spiro atoms. The van der Waals surface area contributed by atoms with Gasteiger partial charge in [-0.05, 0) is 35.9 Å². The summed E-state index contributed by atoms with van der Waals surface area (Å²) in [6, 6.07) is 13.1. The van der Waals surface area contributed by atoms with E-state index < -0.39 is 0 Å². The SMILES string of the molecule is CN(Cc1ccco1)C(=O)Nc1ccc(Cn2cccn2)cc1. The van der Waals surface area contributed by atoms with Crippen molar-refractivity contribution < 1.29 is 9.21 Å². The van der Waals surface area contributed by atoms with Crippen LogP contribution in [0.3, 0.4) is 0 Å². The molecule has 0 atom stereocenters. The molecule has 0 aliphatic carbocycles. The summed E-state index contributed by atoms with van der Waals surface area (Å²) in [5, 5.41) is 7.04. The number of nitrogens with zero attached hydrogens (tertiary/aromatic N) is 3. The highest BCUT2D eigenvalue weighted by atomic mass is 16.3. The Bertz CT molecular complexity index is 734. The zero-order chi connectivity index (χ0) is 16.1. The van der Waals surface area contributed by atoms with E-state index in [1.54, 1.807) is 30.5 Å². The molecule has 3 rings (SSSR count). The van der Waals surface area contributed by atoms with E-state index in [4.69, 9.17) is 4.42 Å². The Hall–Kier alpha value is -3.02. The van der Waals surface area contributed by atoms with Gasteiger partial charge in [0.25, 0.3) is 0 Å². The second-order valence-electron chi connectivity index (χ2n) is 5.27. The molecule has 0 bridgehead atoms. The fourth-order valence-corrected chi connectivity index (χ4v) is 2.20. The molecule has 2 amide bonds. The summed E-state index contributed by atoms with van der Waals surface area (Å²) < 4.78 is 7.09. The molecule has 3 aromatic rings. The van der Waals surface area contributed by atoms with E-state index in [1.165, 1.54) is 0 Å². The lowest BCUT2D eigenvalue weighted by molar-refractivity contribution is 0.217. The third-order valence-electron chi connectivity index (χ3n) is 3.43. The number of furan rings is 1. The number of carbonyl (C=O) groups is 1. The van der Waals surface area contributed by atoms with E-state index in [-0.39, 0.29) is 6.03 Å². The van der Waals surface area contributed by atoms with E-state index in [1.807, 2.05) is 47.3 Å². The first-order chi connectivity index (χ1) is 11.2. The van der Waals surface area contributed by atoms with Crippen molar-refractivity contribution in [3.05, 3.63) is 72.4 Å². The van der Waals surface area contributed by atoms with Crippen LogP contribution in [0.2, 0.25) is 0 Å². The summed E-state index contributed by atoms with van der Waals surface area (Å²) >= 11 is 0. The molecular formula is C17H18N4O2. The van der Waals surface area contributed by atoms with Gasteiger partial charge in [0, 0.05) is 25.1 Å². The largest absolute Gasteiger partial charge is 0.467 e. The minimum atomic E-state index is -0.179. The molecule has 6 nitrogen and oxygen atoms in total. The average Bonchev–Trinajstić information content (AvgIpc) is 3.23. The van der Waals surface area contributed by atoms with Crippen LogP contribution in [0, 0.1) is 0 Å². The molecule has 2 aromatic heterocycles. The number of urea groups is 1. The van der Waals surface area contributed by atoms with Gasteiger partial charge in [-0.3, -0.25) is 4.68 Å². The highest BCUT2D eigenvalue weighted by Gasteiger charge is 2.10. The van der Waals surface area contributed by atoms with E-state index in [9.17, 15) is 4.79 Å². The van der Waals surface area contributed by atoms with Gasteiger partial charge in [-0.1, -0.05) is 12.1 Å². The zero-order valence-corrected chi connectivity index (χ0v) is 12.8. The monoisotopic (exact) mass is 310 g/mol. The number of nitrogens with one attached hydrogen (secondary N) is 1. The fraction of sp³-hybridized carbons (Fsp3) is 0.176. The van der Waals surface area contributed by atoms with Crippen molar-refractivity contribution in [1.82, 2.24) is 14.7 Å². The summed E-state index contributed by atoms with van der Waals surface area (Å²) in [5.74, 6) is 0.747. The summed E-state index contributed by atoms with van der Waals surface area (Å²) in [6.07, 6.45) is 5.27. The summed E-state index contributed by atoms with van der Waals surface area (Å²) in [6.45, 7) is 1.13. The van der Waals surface area contributed by atoms with E-state index in [0.717, 1.165) is 17.0 Å². The highest BCUT2D eigenvalue weighted by Crippen LogP contribution is 2.12. The summed E-state index contributed by atoms with van der Waals surface area (Å²) in [5.41, 5.74) is 1.88. The standard InChI is InChI=1S/C17H18N4O2/c1-20(13-16-4-2-11-23-16)17(22)19-15-7-5-14(6-8-15)12-21-10-3-9-18-21/h2-11H,12-13H2,1H3,(H,19,22). The smallest absolute Gasteiger partial charge is 0.321 e. The van der Waals surface area contributed by atoms with Gasteiger partial charge in [-0.25, -0.2) is 4.79 Å². The van der Waals surface area contributed by atoms with Crippen molar-refractivity contribution in [3.8, 4) is 0 Å². The third-order valence-corrected chi connectivity index (χ3v) is 3.43. The molecule has 0 fully saturated rings. The van der Waals surface area contributed by atoms with Crippen molar-refractivity contribution in [2.24, 2.45) is 0 Å². The zero-order valence-electron chi connectivity index (χ0n) is 12.8. The van der Waals surface area contributed by atoms with Gasteiger partial charge in [0.05, 0.1) is 19.4 Å². The van der Waals surface area contributed by atoms with Gasteiger partial charge in [0.2, 0.25) is 0 Å². The van der Waals surface area contributed by atoms with Crippen LogP contribution in [0.5, 0.6) is 0 Å². The number of amides is 2. The quantitative estimate of drug-likeness (QED) is 0.787. The van der Waals surface area contributed by atoms with E-state index in [2.05, 4.69) is 10.4 Å². The number of anilines is 1. The van der Waals surface area contributed by atoms with Gasteiger partial charge < -0.3 is 14.6 Å². The second kappa shape index (κ2) is 6.83. The highest BCUT2D eigenvalue weighted by molar-refractivity contribution is 5.89. The maximum atomic E-state index is 12.1. The molecule has 0 aliphatic heterocycles. The van der Waals surface area contributed by atoms with Crippen LogP contribution < -0.4 is 5.32 Å². The normalized spacial score (nSPS) is 10.5. The molecule has 118 valence electrons. The van der Waals surface area contributed by atoms with Crippen molar-refractivity contribution >= 4 is 11.7 Å². The minimum Gasteiger partial charge on any atom is -0.467 e. The Labute approximate surface area is 134 Å². The third kappa shape index (κ3) is 4.00. The predicted octanol–water partition coefficient (Wildman–Crippen LogP) is 3.19. The van der Waals surface area contributed by atoms with Crippen molar-refractivity contribution in [2.45, 2.75) is 13.1 Å². The number of benzene rings is 1. The molecule has 23 heavy (non-hydrogen) atoms. The lowest BCUT2D eigenvalue weighted by Gasteiger charge is -2.16. The molecule has 1 aromatic carbocycles. The maximum Gasteiger partial charge on any atom is 0.321 e. The van der Waals surface area contributed by atoms with Crippen LogP contribution in [0.15, 0.2) is 65.5 Å². The Kier molecular flexibility index (Phi) is 4.42. The van der Waals surface area contributed by atoms with E-state index in [0.29, 0.717) is 13.1 Å². The number of rotatable bonds is 5. The number of hydrogen-bond acceptors (Lipinski definition) is 3. The first kappa shape index (κ1) is 14.9. The lowest BCUT2D eigenvalue weighted by Crippen LogP contribution is -2.30. The van der Waals surface area contributed by atoms with Crippen LogP contribution in [-0.2, 0) is 13.1 Å². The van der Waals surface area contributed by atoms with E-state index >= 15 is 0 Å². The van der Waals surface area contributed by atoms with Crippen LogP contribution in [0.4, 0.5) is 10.5 Å². The van der Waals surface area contributed by atoms with Crippen molar-refractivity contribution in [2.75, 3.05) is 12.4 Å². The molecule has 0 saturated carbocycles. The second-order valence-corrected chi connectivity index (χ2v) is 5.27. The maximum absolute atomic E-state index is 12.1. The molecule has 0 radical (unpaired) electrons. The van der Waals surface area contributed by atoms with Crippen LogP contribution in [0.1, 0.15) is 11.3 Å². The molecule has 2 heterocycles. The topological polar surface area (TPSA) is 63.3 Å². The van der Waals surface area contributed by atoms with Crippen LogP contribution >= 0.6 is 0 Å². The molecule has 0 aliphatic rings. The molecular weight excluding hydrogens is 292 g/mol. The Morgan fingerprint density at radius 2 is 2.09 bits per heavy atom. The van der Waals surface area contributed by atoms with Gasteiger partial charge in [0.1, 0.15) is 5.76 Å². The number of aromatic nitrogens is 2. The van der Waals surface area contributed by atoms with Gasteiger partial charge in [-0.15, -0.1) is 0 Å². The first-order valence-electron chi connectivity index (χ1n) is 7.31.